The van der Waals surface area contributed by atoms with Gasteiger partial charge in [0.1, 0.15) is 29.9 Å². The number of carbonyl (C=O) groups is 5. The Hall–Kier alpha value is -6.45. The molecule has 4 atom stereocenters. The van der Waals surface area contributed by atoms with Crippen molar-refractivity contribution < 1.29 is 34.2 Å². The fraction of sp³-hybridized carbons (Fsp3) is 0.293. The van der Waals surface area contributed by atoms with E-state index in [0.717, 1.165) is 21.8 Å². The normalized spacial score (nSPS) is 13.5. The van der Waals surface area contributed by atoms with Crippen molar-refractivity contribution in [1.82, 2.24) is 31.2 Å². The van der Waals surface area contributed by atoms with Crippen LogP contribution in [-0.4, -0.2) is 87.0 Å². The minimum Gasteiger partial charge on any atom is -0.508 e. The zero-order valence-corrected chi connectivity index (χ0v) is 30.8. The Balaban J connectivity index is 1.34. The van der Waals surface area contributed by atoms with Crippen LogP contribution in [0.15, 0.2) is 91.3 Å². The molecular formula is C41H48N8O7. The van der Waals surface area contributed by atoms with E-state index in [2.05, 4.69) is 31.2 Å². The number of H-pyrrole nitrogens is 2. The van der Waals surface area contributed by atoms with Crippen molar-refractivity contribution >= 4 is 57.5 Å². The standard InChI is InChI=1S/C41H48N8O7/c42-19-5-11-33(46-37(51)18-15-25-13-16-28(50)17-14-25)38(52)47-34(12-6-20-43)39(53)48-35(21-26-23-44-31-9-3-1-7-29(26)31)40(54)49-36(41(55)56)22-27-24-45-32-10-4-2-8-30(27)32/h1-4,7-10,13-18,23-24,33-36,44-45,50H,5-6,11-12,19-22,42-43H2,(H,46,51)(H,47,52)(H,48,53)(H,49,54)(H,55,56)/b18-15+/t33-,34-,35-,36-/m0/s1. The van der Waals surface area contributed by atoms with Gasteiger partial charge in [0.25, 0.3) is 0 Å². The van der Waals surface area contributed by atoms with Crippen LogP contribution < -0.4 is 32.7 Å². The van der Waals surface area contributed by atoms with Gasteiger partial charge in [-0.2, -0.15) is 0 Å². The second-order valence-electron chi connectivity index (χ2n) is 13.5. The maximum Gasteiger partial charge on any atom is 0.326 e. The highest BCUT2D eigenvalue weighted by molar-refractivity contribution is 5.98. The SMILES string of the molecule is NCCC[C@H](NC(=O)/C=C/c1ccc(O)cc1)C(=O)N[C@@H](CCCN)C(=O)N[C@@H](Cc1c[nH]c2ccccc12)C(=O)N[C@@H](Cc1c[nH]c2ccccc12)C(=O)O. The molecule has 294 valence electrons. The Morgan fingerprint density at radius 1 is 0.625 bits per heavy atom. The summed E-state index contributed by atoms with van der Waals surface area (Å²) >= 11 is 0. The molecule has 0 aliphatic carbocycles. The molecule has 12 N–H and O–H groups in total. The molecule has 0 aliphatic rings. The number of carbonyl (C=O) groups excluding carboxylic acids is 4. The third-order valence-electron chi connectivity index (χ3n) is 9.43. The lowest BCUT2D eigenvalue weighted by molar-refractivity contribution is -0.142. The first-order valence-electron chi connectivity index (χ1n) is 18.5. The number of amides is 4. The average molecular weight is 765 g/mol. The van der Waals surface area contributed by atoms with Crippen LogP contribution in [-0.2, 0) is 36.8 Å². The highest BCUT2D eigenvalue weighted by Crippen LogP contribution is 2.21. The van der Waals surface area contributed by atoms with Crippen LogP contribution in [0.3, 0.4) is 0 Å². The summed E-state index contributed by atoms with van der Waals surface area (Å²) in [5, 5.41) is 32.2. The van der Waals surface area contributed by atoms with Gasteiger partial charge in [-0.3, -0.25) is 19.2 Å². The molecule has 3 aromatic carbocycles. The van der Waals surface area contributed by atoms with Crippen molar-refractivity contribution in [2.45, 2.75) is 62.7 Å². The van der Waals surface area contributed by atoms with Crippen molar-refractivity contribution in [1.29, 1.82) is 0 Å². The van der Waals surface area contributed by atoms with Crippen LogP contribution >= 0.6 is 0 Å². The predicted molar refractivity (Wildman–Crippen MR) is 213 cm³/mol. The molecule has 15 nitrogen and oxygen atoms in total. The van der Waals surface area contributed by atoms with Gasteiger partial charge in [-0.1, -0.05) is 48.5 Å². The molecule has 5 rings (SSSR count). The van der Waals surface area contributed by atoms with Gasteiger partial charge < -0.3 is 52.9 Å². The summed E-state index contributed by atoms with van der Waals surface area (Å²) in [6, 6.07) is 16.3. The van der Waals surface area contributed by atoms with Crippen molar-refractivity contribution in [2.24, 2.45) is 11.5 Å². The smallest absolute Gasteiger partial charge is 0.326 e. The molecule has 2 aromatic heterocycles. The topological polar surface area (TPSA) is 258 Å². The summed E-state index contributed by atoms with van der Waals surface area (Å²) in [6.07, 6.45) is 7.24. The Labute approximate surface area is 323 Å². The maximum atomic E-state index is 14.0. The van der Waals surface area contributed by atoms with E-state index in [1.54, 1.807) is 24.5 Å². The van der Waals surface area contributed by atoms with Gasteiger partial charge in [0, 0.05) is 53.1 Å². The number of aromatic nitrogens is 2. The Morgan fingerprint density at radius 2 is 1.09 bits per heavy atom. The number of nitrogens with two attached hydrogens (primary N) is 2. The molecule has 2 heterocycles. The lowest BCUT2D eigenvalue weighted by Crippen LogP contribution is -2.58. The highest BCUT2D eigenvalue weighted by Gasteiger charge is 2.32. The fourth-order valence-electron chi connectivity index (χ4n) is 6.43. The van der Waals surface area contributed by atoms with Gasteiger partial charge in [0.05, 0.1) is 0 Å². The summed E-state index contributed by atoms with van der Waals surface area (Å²) in [4.78, 5) is 73.4. The second-order valence-corrected chi connectivity index (χ2v) is 13.5. The lowest BCUT2D eigenvalue weighted by atomic mass is 10.0. The first kappa shape index (κ1) is 40.7. The molecule has 0 saturated carbocycles. The molecule has 0 fully saturated rings. The van der Waals surface area contributed by atoms with Gasteiger partial charge in [-0.05, 0) is 85.8 Å². The number of hydrogen-bond acceptors (Lipinski definition) is 8. The molecule has 0 unspecified atom stereocenters. The van der Waals surface area contributed by atoms with Crippen molar-refractivity contribution in [2.75, 3.05) is 13.1 Å². The Morgan fingerprint density at radius 3 is 1.62 bits per heavy atom. The third-order valence-corrected chi connectivity index (χ3v) is 9.43. The summed E-state index contributed by atoms with van der Waals surface area (Å²) in [7, 11) is 0. The van der Waals surface area contributed by atoms with Gasteiger partial charge in [0.2, 0.25) is 23.6 Å². The summed E-state index contributed by atoms with van der Waals surface area (Å²) in [6.45, 7) is 0.463. The largest absolute Gasteiger partial charge is 0.508 e. The van der Waals surface area contributed by atoms with Gasteiger partial charge in [-0.25, -0.2) is 4.79 Å². The van der Waals surface area contributed by atoms with E-state index in [4.69, 9.17) is 11.5 Å². The number of carboxylic acids is 1. The summed E-state index contributed by atoms with van der Waals surface area (Å²) in [5.74, 6) is -3.79. The minimum atomic E-state index is -1.33. The van der Waals surface area contributed by atoms with E-state index >= 15 is 0 Å². The highest BCUT2D eigenvalue weighted by atomic mass is 16.4. The van der Waals surface area contributed by atoms with E-state index in [-0.39, 0.29) is 44.5 Å². The number of phenols is 1. The molecule has 0 bridgehead atoms. The number of nitrogens with one attached hydrogen (secondary N) is 6. The van der Waals surface area contributed by atoms with E-state index in [1.165, 1.54) is 24.3 Å². The summed E-state index contributed by atoms with van der Waals surface area (Å²) < 4.78 is 0. The quantitative estimate of drug-likeness (QED) is 0.0521. The number of rotatable bonds is 20. The monoisotopic (exact) mass is 764 g/mol. The number of aliphatic carboxylic acids is 1. The van der Waals surface area contributed by atoms with E-state index in [9.17, 15) is 34.2 Å². The first-order valence-corrected chi connectivity index (χ1v) is 18.5. The zero-order chi connectivity index (χ0) is 40.0. The van der Waals surface area contributed by atoms with Crippen LogP contribution in [0, 0.1) is 0 Å². The molecule has 15 heteroatoms. The number of aromatic amines is 2. The van der Waals surface area contributed by atoms with Gasteiger partial charge >= 0.3 is 5.97 Å². The van der Waals surface area contributed by atoms with E-state index < -0.39 is 53.8 Å². The summed E-state index contributed by atoms with van der Waals surface area (Å²) in [5.41, 5.74) is 15.2. The molecular weight excluding hydrogens is 716 g/mol. The minimum absolute atomic E-state index is 0.00111. The number of phenolic OH excluding ortho intramolecular Hbond substituents is 1. The van der Waals surface area contributed by atoms with Crippen molar-refractivity contribution in [3.05, 3.63) is 108 Å². The molecule has 5 aromatic rings. The number of carboxylic acid groups (broad SMARTS) is 1. The molecule has 0 saturated heterocycles. The molecule has 0 aliphatic heterocycles. The zero-order valence-electron chi connectivity index (χ0n) is 30.8. The Kier molecular flexibility index (Phi) is 14.4. The predicted octanol–water partition coefficient (Wildman–Crippen LogP) is 2.36. The van der Waals surface area contributed by atoms with Crippen LogP contribution in [0.1, 0.15) is 42.4 Å². The van der Waals surface area contributed by atoms with Crippen molar-refractivity contribution in [3.63, 3.8) is 0 Å². The third kappa shape index (κ3) is 11.1. The van der Waals surface area contributed by atoms with Crippen LogP contribution in [0.25, 0.3) is 27.9 Å². The second kappa shape index (κ2) is 19.8. The molecule has 0 spiro atoms. The first-order chi connectivity index (χ1) is 27.1. The van der Waals surface area contributed by atoms with Crippen LogP contribution in [0.5, 0.6) is 5.75 Å². The molecule has 4 amide bonds. The lowest BCUT2D eigenvalue weighted by Gasteiger charge is -2.26. The number of fused-ring (bicyclic) bond motifs is 2. The number of para-hydroxylation sites is 2. The molecule has 56 heavy (non-hydrogen) atoms. The Bertz CT molecular complexity index is 2160. The number of aromatic hydroxyl groups is 1. The van der Waals surface area contributed by atoms with Gasteiger partial charge in [-0.15, -0.1) is 0 Å². The number of hydrogen-bond donors (Lipinski definition) is 10. The van der Waals surface area contributed by atoms with Gasteiger partial charge in [0.15, 0.2) is 0 Å². The maximum absolute atomic E-state index is 14.0. The van der Waals surface area contributed by atoms with Crippen LogP contribution in [0.2, 0.25) is 0 Å². The average Bonchev–Trinajstić information content (AvgIpc) is 3.80. The fourth-order valence-corrected chi connectivity index (χ4v) is 6.43. The van der Waals surface area contributed by atoms with Crippen LogP contribution in [0.4, 0.5) is 0 Å². The van der Waals surface area contributed by atoms with E-state index in [1.807, 2.05) is 48.5 Å². The number of benzene rings is 3. The van der Waals surface area contributed by atoms with E-state index in [0.29, 0.717) is 29.5 Å². The van der Waals surface area contributed by atoms with Crippen molar-refractivity contribution in [3.8, 4) is 5.75 Å². The molecule has 0 radical (unpaired) electrons.